The number of aryl methyl sites for hydroxylation is 2. The van der Waals surface area contributed by atoms with Gasteiger partial charge in [-0.25, -0.2) is 29.9 Å². The summed E-state index contributed by atoms with van der Waals surface area (Å²) >= 11 is 6.17. The summed E-state index contributed by atoms with van der Waals surface area (Å²) in [7, 11) is -12.7. The SMILES string of the molecule is COc1ccc(S(=O)(=O)CCOS(=O)(=O)[O-])cc1N=Nc1c(C)[nH]n(-c2c(C)cc(S(=O)(=O)[O-])cc2Cl)c1=O.[Na+].[Na+]. The molecule has 21 heteroatoms. The van der Waals surface area contributed by atoms with Gasteiger partial charge in [0, 0.05) is 0 Å². The van der Waals surface area contributed by atoms with Crippen molar-refractivity contribution in [2.24, 2.45) is 10.2 Å². The van der Waals surface area contributed by atoms with Gasteiger partial charge in [0.05, 0.1) is 45.7 Å². The summed E-state index contributed by atoms with van der Waals surface area (Å²) in [6.07, 6.45) is 0. The van der Waals surface area contributed by atoms with Gasteiger partial charge in [-0.2, -0.15) is 0 Å². The fourth-order valence-corrected chi connectivity index (χ4v) is 5.85. The van der Waals surface area contributed by atoms with Crippen molar-refractivity contribution in [2.75, 3.05) is 19.5 Å². The monoisotopic (exact) mass is 668 g/mol. The minimum atomic E-state index is -5.08. The van der Waals surface area contributed by atoms with Crippen molar-refractivity contribution in [3.63, 3.8) is 0 Å². The number of methoxy groups -OCH3 is 1. The maximum atomic E-state index is 13.1. The molecule has 0 fully saturated rings. The number of nitrogens with zero attached hydrogens (tertiary/aromatic N) is 3. The number of sulfone groups is 1. The third kappa shape index (κ3) is 9.43. The quantitative estimate of drug-likeness (QED) is 0.0947. The maximum Gasteiger partial charge on any atom is 1.00 e. The van der Waals surface area contributed by atoms with Crippen LogP contribution < -0.4 is 69.4 Å². The first-order chi connectivity index (χ1) is 17.9. The zero-order valence-corrected chi connectivity index (χ0v) is 29.4. The van der Waals surface area contributed by atoms with E-state index in [1.54, 1.807) is 0 Å². The number of hydrogen-bond acceptors (Lipinski definition) is 13. The number of H-pyrrole nitrogens is 1. The summed E-state index contributed by atoms with van der Waals surface area (Å²) in [5.74, 6) is -0.746. The van der Waals surface area contributed by atoms with Crippen molar-refractivity contribution in [2.45, 2.75) is 23.6 Å². The van der Waals surface area contributed by atoms with Crippen molar-refractivity contribution in [1.82, 2.24) is 9.78 Å². The van der Waals surface area contributed by atoms with Crippen molar-refractivity contribution in [3.8, 4) is 11.4 Å². The van der Waals surface area contributed by atoms with Crippen molar-refractivity contribution >= 4 is 53.3 Å². The molecule has 0 saturated heterocycles. The third-order valence-corrected chi connectivity index (χ3v) is 8.36. The Kier molecular flexibility index (Phi) is 13.5. The average Bonchev–Trinajstić information content (AvgIpc) is 3.08. The second kappa shape index (κ2) is 14.6. The molecule has 0 bridgehead atoms. The molecule has 0 saturated carbocycles. The minimum Gasteiger partial charge on any atom is -0.744 e. The Hall–Kier alpha value is -1.13. The van der Waals surface area contributed by atoms with E-state index in [0.717, 1.165) is 28.9 Å². The zero-order valence-electron chi connectivity index (χ0n) is 22.2. The van der Waals surface area contributed by atoms with E-state index in [1.165, 1.54) is 27.0 Å². The molecule has 0 unspecified atom stereocenters. The van der Waals surface area contributed by atoms with Crippen molar-refractivity contribution in [3.05, 3.63) is 57.0 Å². The molecule has 0 amide bonds. The molecule has 0 radical (unpaired) electrons. The number of aromatic nitrogens is 2. The molecule has 1 N–H and O–H groups in total. The van der Waals surface area contributed by atoms with Crippen LogP contribution in [0.5, 0.6) is 5.75 Å². The van der Waals surface area contributed by atoms with Crippen LogP contribution in [0.3, 0.4) is 0 Å². The van der Waals surface area contributed by atoms with E-state index in [0.29, 0.717) is 0 Å². The molecule has 0 aliphatic rings. The molecular formula is C20H19ClN4Na2O11S3. The Morgan fingerprint density at radius 3 is 2.15 bits per heavy atom. The van der Waals surface area contributed by atoms with E-state index in [-0.39, 0.29) is 103 Å². The van der Waals surface area contributed by atoms with E-state index in [9.17, 15) is 39.2 Å². The van der Waals surface area contributed by atoms with Crippen LogP contribution >= 0.6 is 11.6 Å². The summed E-state index contributed by atoms with van der Waals surface area (Å²) in [5, 5.41) is 10.4. The number of hydrogen-bond donors (Lipinski definition) is 1. The molecule has 0 aliphatic heterocycles. The van der Waals surface area contributed by atoms with E-state index in [2.05, 4.69) is 19.5 Å². The van der Waals surface area contributed by atoms with E-state index in [1.807, 2.05) is 0 Å². The summed E-state index contributed by atoms with van der Waals surface area (Å²) < 4.78 is 101. The van der Waals surface area contributed by atoms with Gasteiger partial charge in [0.25, 0.3) is 5.56 Å². The van der Waals surface area contributed by atoms with Gasteiger partial charge in [-0.15, -0.1) is 10.2 Å². The van der Waals surface area contributed by atoms with Gasteiger partial charge in [-0.1, -0.05) is 11.6 Å². The Morgan fingerprint density at radius 1 is 0.976 bits per heavy atom. The normalized spacial score (nSPS) is 12.1. The van der Waals surface area contributed by atoms with Gasteiger partial charge in [0.15, 0.2) is 15.5 Å². The summed E-state index contributed by atoms with van der Waals surface area (Å²) in [5.41, 5.74) is -0.614. The smallest absolute Gasteiger partial charge is 0.744 e. The Morgan fingerprint density at radius 2 is 1.61 bits per heavy atom. The van der Waals surface area contributed by atoms with Crippen LogP contribution in [0.4, 0.5) is 11.4 Å². The summed E-state index contributed by atoms with van der Waals surface area (Å²) in [6, 6.07) is 5.44. The molecule has 0 atom stereocenters. The van der Waals surface area contributed by atoms with Crippen LogP contribution in [0.1, 0.15) is 11.3 Å². The molecule has 212 valence electrons. The summed E-state index contributed by atoms with van der Waals surface area (Å²) in [4.78, 5) is 12.2. The molecule has 41 heavy (non-hydrogen) atoms. The average molecular weight is 669 g/mol. The van der Waals surface area contributed by atoms with Crippen LogP contribution in [0, 0.1) is 13.8 Å². The largest absolute Gasteiger partial charge is 1.00 e. The van der Waals surface area contributed by atoms with E-state index < -0.39 is 53.2 Å². The second-order valence-electron chi connectivity index (χ2n) is 7.83. The molecule has 3 rings (SSSR count). The standard InChI is InChI=1S/C20H21ClN4O11S3.2Na/c1-11-8-14(38(29,30)31)9-15(21)19(11)25-20(26)18(12(2)24-25)23-22-16-10-13(4-5-17(16)35-3)37(27,28)7-6-36-39(32,33)34;;/h4-5,8-10,24H,6-7H2,1-3H3,(H,29,30,31)(H,32,33,34);;/q;2*+1/p-2. The number of aromatic amines is 1. The predicted molar refractivity (Wildman–Crippen MR) is 134 cm³/mol. The van der Waals surface area contributed by atoms with E-state index >= 15 is 0 Å². The van der Waals surface area contributed by atoms with Gasteiger partial charge >= 0.3 is 59.1 Å². The van der Waals surface area contributed by atoms with Crippen LogP contribution in [0.15, 0.2) is 55.1 Å². The fraction of sp³-hybridized carbons (Fsp3) is 0.250. The van der Waals surface area contributed by atoms with Crippen LogP contribution in [-0.4, -0.2) is 63.6 Å². The number of benzene rings is 2. The fourth-order valence-electron chi connectivity index (χ4n) is 3.35. The molecule has 15 nitrogen and oxygen atoms in total. The predicted octanol–water partition coefficient (Wildman–Crippen LogP) is -3.98. The van der Waals surface area contributed by atoms with Crippen molar-refractivity contribution in [1.29, 1.82) is 0 Å². The number of rotatable bonds is 10. The van der Waals surface area contributed by atoms with Crippen molar-refractivity contribution < 1.29 is 102 Å². The van der Waals surface area contributed by atoms with E-state index in [4.69, 9.17) is 16.3 Å². The van der Waals surface area contributed by atoms with Gasteiger partial charge in [0.2, 0.25) is 10.4 Å². The topological polar surface area (TPSA) is 230 Å². The molecular weight excluding hydrogens is 650 g/mol. The number of azo groups is 1. The first-order valence-electron chi connectivity index (χ1n) is 10.5. The maximum absolute atomic E-state index is 13.1. The molecule has 0 spiro atoms. The zero-order chi connectivity index (χ0) is 29.3. The summed E-state index contributed by atoms with van der Waals surface area (Å²) in [6.45, 7) is 2.02. The Bertz CT molecular complexity index is 1830. The van der Waals surface area contributed by atoms with Crippen LogP contribution in [0.2, 0.25) is 5.02 Å². The van der Waals surface area contributed by atoms with Gasteiger partial charge in [-0.3, -0.25) is 14.1 Å². The first-order valence-corrected chi connectivity index (χ1v) is 15.2. The van der Waals surface area contributed by atoms with Gasteiger partial charge in [-0.05, 0) is 49.7 Å². The van der Waals surface area contributed by atoms with Gasteiger partial charge < -0.3 is 13.8 Å². The first kappa shape index (κ1) is 37.9. The molecule has 1 heterocycles. The Labute approximate surface area is 284 Å². The number of nitrogens with one attached hydrogen (secondary N) is 1. The minimum absolute atomic E-state index is 0. The van der Waals surface area contributed by atoms with Gasteiger partial charge in [0.1, 0.15) is 21.6 Å². The molecule has 2 aromatic carbocycles. The van der Waals surface area contributed by atoms with Crippen LogP contribution in [0.25, 0.3) is 5.69 Å². The van der Waals surface area contributed by atoms with Crippen LogP contribution in [-0.2, 0) is 34.5 Å². The number of halogens is 1. The Balaban J connectivity index is 0.00000420. The molecule has 1 aromatic heterocycles. The molecule has 3 aromatic rings. The third-order valence-electron chi connectivity index (χ3n) is 5.13. The second-order valence-corrected chi connectivity index (χ2v) is 12.8. The number of ether oxygens (including phenoxy) is 1. The molecule has 0 aliphatic carbocycles.